The number of hydrogen-bond donors (Lipinski definition) is 6. The Morgan fingerprint density at radius 2 is 1.68 bits per heavy atom. The minimum Gasteiger partial charge on any atom is -0.481 e. The SMILES string of the molecule is CC(C)(C)OC(=O)[C@H](NC(=O)c1cnc(Nc2ccccc2Cl)nc1NCCCNC(=S)NCCC(=O)O)c1ccccc1. The summed E-state index contributed by atoms with van der Waals surface area (Å²) in [6.07, 6.45) is 1.88. The second-order valence-corrected chi connectivity index (χ2v) is 11.3. The lowest BCUT2D eigenvalue weighted by molar-refractivity contribution is -0.157. The maximum atomic E-state index is 13.6. The number of carboxylic acids is 1. The summed E-state index contributed by atoms with van der Waals surface area (Å²) in [5.41, 5.74) is 0.484. The number of rotatable bonds is 14. The maximum Gasteiger partial charge on any atom is 0.333 e. The molecule has 1 atom stereocenters. The van der Waals surface area contributed by atoms with Crippen LogP contribution in [0.4, 0.5) is 17.5 Å². The Morgan fingerprint density at radius 3 is 2.36 bits per heavy atom. The van der Waals surface area contributed by atoms with Gasteiger partial charge in [0.1, 0.15) is 17.0 Å². The maximum absolute atomic E-state index is 13.6. The highest BCUT2D eigenvalue weighted by Crippen LogP contribution is 2.25. The highest BCUT2D eigenvalue weighted by Gasteiger charge is 2.29. The number of carbonyl (C=O) groups excluding carboxylic acids is 2. The molecule has 3 aromatic rings. The molecule has 1 heterocycles. The Balaban J connectivity index is 1.78. The van der Waals surface area contributed by atoms with Crippen molar-refractivity contribution in [1.82, 2.24) is 25.9 Å². The molecular weight excluding hydrogens is 606 g/mol. The molecule has 0 fully saturated rings. The molecule has 0 aliphatic rings. The number of aromatic nitrogens is 2. The molecule has 0 unspecified atom stereocenters. The number of anilines is 3. The summed E-state index contributed by atoms with van der Waals surface area (Å²) in [5, 5.41) is 24.4. The second kappa shape index (κ2) is 16.4. The van der Waals surface area contributed by atoms with Gasteiger partial charge < -0.3 is 36.4 Å². The molecule has 1 amide bonds. The third-order valence-electron chi connectivity index (χ3n) is 5.76. The largest absolute Gasteiger partial charge is 0.481 e. The predicted octanol–water partition coefficient (Wildman–Crippen LogP) is 4.43. The zero-order chi connectivity index (χ0) is 32.1. The first-order valence-corrected chi connectivity index (χ1v) is 14.7. The Hall–Kier alpha value is -4.49. The molecule has 0 saturated heterocycles. The number of nitrogens with one attached hydrogen (secondary N) is 5. The summed E-state index contributed by atoms with van der Waals surface area (Å²) in [6.45, 7) is 6.34. The first-order valence-electron chi connectivity index (χ1n) is 13.9. The lowest BCUT2D eigenvalue weighted by Gasteiger charge is -2.25. The van der Waals surface area contributed by atoms with Crippen molar-refractivity contribution < 1.29 is 24.2 Å². The van der Waals surface area contributed by atoms with Gasteiger partial charge in [0.05, 0.1) is 17.1 Å². The first-order chi connectivity index (χ1) is 20.9. The number of benzene rings is 2. The lowest BCUT2D eigenvalue weighted by atomic mass is 10.1. The van der Waals surface area contributed by atoms with Crippen LogP contribution in [0.2, 0.25) is 5.02 Å². The molecule has 0 aliphatic heterocycles. The zero-order valence-corrected chi connectivity index (χ0v) is 26.2. The Kier molecular flexibility index (Phi) is 12.7. The van der Waals surface area contributed by atoms with Gasteiger partial charge in [0, 0.05) is 25.8 Å². The van der Waals surface area contributed by atoms with Crippen LogP contribution in [0.15, 0.2) is 60.8 Å². The van der Waals surface area contributed by atoms with Crippen LogP contribution in [-0.4, -0.2) is 63.3 Å². The highest BCUT2D eigenvalue weighted by molar-refractivity contribution is 7.80. The van der Waals surface area contributed by atoms with Crippen LogP contribution >= 0.6 is 23.8 Å². The number of ether oxygens (including phenoxy) is 1. The summed E-state index contributed by atoms with van der Waals surface area (Å²) in [6, 6.07) is 14.8. The van der Waals surface area contributed by atoms with Gasteiger partial charge in [-0.2, -0.15) is 4.98 Å². The Morgan fingerprint density at radius 1 is 1.00 bits per heavy atom. The van der Waals surface area contributed by atoms with Crippen LogP contribution in [0.5, 0.6) is 0 Å². The van der Waals surface area contributed by atoms with E-state index in [-0.39, 0.29) is 30.3 Å². The Labute approximate surface area is 266 Å². The fourth-order valence-corrected chi connectivity index (χ4v) is 4.15. The Bertz CT molecular complexity index is 1450. The number of hydrogen-bond acceptors (Lipinski definition) is 9. The van der Waals surface area contributed by atoms with Crippen molar-refractivity contribution in [2.24, 2.45) is 0 Å². The number of thiocarbonyl (C=S) groups is 1. The van der Waals surface area contributed by atoms with Gasteiger partial charge in [0.25, 0.3) is 5.91 Å². The van der Waals surface area contributed by atoms with E-state index in [1.54, 1.807) is 63.2 Å². The minimum atomic E-state index is -1.07. The van der Waals surface area contributed by atoms with Crippen LogP contribution in [0.25, 0.3) is 0 Å². The summed E-state index contributed by atoms with van der Waals surface area (Å²) in [7, 11) is 0. The third-order valence-corrected chi connectivity index (χ3v) is 6.38. The first kappa shape index (κ1) is 34.0. The predicted molar refractivity (Wildman–Crippen MR) is 173 cm³/mol. The smallest absolute Gasteiger partial charge is 0.333 e. The normalized spacial score (nSPS) is 11.5. The number of aliphatic carboxylic acids is 1. The van der Waals surface area contributed by atoms with Crippen LogP contribution < -0.4 is 26.6 Å². The topological polar surface area (TPSA) is 167 Å². The van der Waals surface area contributed by atoms with E-state index >= 15 is 0 Å². The van der Waals surface area contributed by atoms with Crippen molar-refractivity contribution in [3.63, 3.8) is 0 Å². The fourth-order valence-electron chi connectivity index (χ4n) is 3.76. The summed E-state index contributed by atoms with van der Waals surface area (Å²) in [5.74, 6) is -1.68. The van der Waals surface area contributed by atoms with Gasteiger partial charge in [-0.1, -0.05) is 54.1 Å². The molecule has 0 spiro atoms. The number of esters is 1. The average molecular weight is 642 g/mol. The minimum absolute atomic E-state index is 0.0501. The van der Waals surface area contributed by atoms with Gasteiger partial charge >= 0.3 is 11.9 Å². The molecule has 2 aromatic carbocycles. The van der Waals surface area contributed by atoms with Crippen molar-refractivity contribution in [2.45, 2.75) is 45.3 Å². The van der Waals surface area contributed by atoms with Gasteiger partial charge in [0.15, 0.2) is 11.2 Å². The number of para-hydroxylation sites is 1. The van der Waals surface area contributed by atoms with Gasteiger partial charge in [-0.25, -0.2) is 9.78 Å². The molecule has 0 radical (unpaired) electrons. The quantitative estimate of drug-likeness (QED) is 0.0834. The average Bonchev–Trinajstić information content (AvgIpc) is 2.96. The van der Waals surface area contributed by atoms with Crippen molar-refractivity contribution >= 4 is 64.2 Å². The van der Waals surface area contributed by atoms with Crippen molar-refractivity contribution in [2.75, 3.05) is 30.3 Å². The number of halogens is 1. The molecule has 6 N–H and O–H groups in total. The molecule has 0 aliphatic carbocycles. The van der Waals surface area contributed by atoms with Gasteiger partial charge in [-0.3, -0.25) is 9.59 Å². The van der Waals surface area contributed by atoms with Crippen molar-refractivity contribution in [3.8, 4) is 0 Å². The van der Waals surface area contributed by atoms with E-state index in [0.29, 0.717) is 40.9 Å². The number of amides is 1. The highest BCUT2D eigenvalue weighted by atomic mass is 35.5. The summed E-state index contributed by atoms with van der Waals surface area (Å²) in [4.78, 5) is 46.3. The molecule has 44 heavy (non-hydrogen) atoms. The molecule has 0 bridgehead atoms. The van der Waals surface area contributed by atoms with E-state index in [1.165, 1.54) is 6.20 Å². The molecular formula is C30H36ClN7O5S. The summed E-state index contributed by atoms with van der Waals surface area (Å²) < 4.78 is 5.59. The van der Waals surface area contributed by atoms with E-state index in [1.807, 2.05) is 12.1 Å². The van der Waals surface area contributed by atoms with Crippen LogP contribution in [-0.2, 0) is 14.3 Å². The molecule has 0 saturated carbocycles. The van der Waals surface area contributed by atoms with Crippen LogP contribution in [0.3, 0.4) is 0 Å². The molecule has 12 nitrogen and oxygen atoms in total. The van der Waals surface area contributed by atoms with E-state index in [0.717, 1.165) is 0 Å². The van der Waals surface area contributed by atoms with Crippen molar-refractivity contribution in [1.29, 1.82) is 0 Å². The monoisotopic (exact) mass is 641 g/mol. The van der Waals surface area contributed by atoms with E-state index in [2.05, 4.69) is 36.6 Å². The molecule has 3 rings (SSSR count). The van der Waals surface area contributed by atoms with Crippen molar-refractivity contribution in [3.05, 3.63) is 76.9 Å². The van der Waals surface area contributed by atoms with Crippen LogP contribution in [0.1, 0.15) is 55.6 Å². The van der Waals surface area contributed by atoms with Crippen LogP contribution in [0, 0.1) is 0 Å². The standard InChI is InChI=1S/C30H36ClN7O5S/c1-30(2,3)43-27(42)24(19-10-5-4-6-11-19)37-26(41)20-18-35-28(36-22-13-8-7-12-21(22)31)38-25(20)32-15-9-16-33-29(44)34-17-14-23(39)40/h4-8,10-13,18,24H,9,14-17H2,1-3H3,(H,37,41)(H,39,40)(H2,33,34,44)(H2,32,35,36,38)/t24-/m1/s1. The van der Waals surface area contributed by atoms with E-state index < -0.39 is 29.5 Å². The number of nitrogens with zero attached hydrogens (tertiary/aromatic N) is 2. The molecule has 1 aromatic heterocycles. The van der Waals surface area contributed by atoms with Gasteiger partial charge in [-0.05, 0) is 57.1 Å². The van der Waals surface area contributed by atoms with Gasteiger partial charge in [-0.15, -0.1) is 0 Å². The van der Waals surface area contributed by atoms with E-state index in [9.17, 15) is 14.4 Å². The zero-order valence-electron chi connectivity index (χ0n) is 24.6. The number of carboxylic acid groups (broad SMARTS) is 1. The van der Waals surface area contributed by atoms with E-state index in [4.69, 9.17) is 33.7 Å². The molecule has 14 heteroatoms. The summed E-state index contributed by atoms with van der Waals surface area (Å²) >= 11 is 11.4. The number of carbonyl (C=O) groups is 3. The third kappa shape index (κ3) is 11.3. The van der Waals surface area contributed by atoms with Gasteiger partial charge in [0.2, 0.25) is 5.95 Å². The fraction of sp³-hybridized carbons (Fsp3) is 0.333. The lowest BCUT2D eigenvalue weighted by Crippen LogP contribution is -2.38. The second-order valence-electron chi connectivity index (χ2n) is 10.5. The molecule has 234 valence electrons.